The minimum atomic E-state index is -0.156. The van der Waals surface area contributed by atoms with Gasteiger partial charge in [0, 0.05) is 37.8 Å². The number of rotatable bonds is 5. The highest BCUT2D eigenvalue weighted by Crippen LogP contribution is 2.22. The molecule has 1 fully saturated rings. The molecular weight excluding hydrogens is 370 g/mol. The molecule has 0 spiro atoms. The molecule has 8 heteroatoms. The van der Waals surface area contributed by atoms with Crippen LogP contribution in [0.1, 0.15) is 6.92 Å². The maximum atomic E-state index is 12.3. The molecule has 2 aromatic heterocycles. The average molecular weight is 393 g/mol. The predicted molar refractivity (Wildman–Crippen MR) is 110 cm³/mol. The topological polar surface area (TPSA) is 83.7 Å². The van der Waals surface area contributed by atoms with Gasteiger partial charge in [0.2, 0.25) is 5.88 Å². The number of piperazine rings is 1. The Morgan fingerprint density at radius 2 is 1.86 bits per heavy atom. The Balaban J connectivity index is 1.33. The average Bonchev–Trinajstić information content (AvgIpc) is 3.28. The number of urea groups is 1. The van der Waals surface area contributed by atoms with Crippen molar-refractivity contribution in [3.8, 4) is 17.0 Å². The highest BCUT2D eigenvalue weighted by molar-refractivity contribution is 5.88. The van der Waals surface area contributed by atoms with E-state index in [-0.39, 0.29) is 6.03 Å². The number of nitrogens with one attached hydrogen (secondary N) is 1. The van der Waals surface area contributed by atoms with Gasteiger partial charge in [-0.3, -0.25) is 5.32 Å². The summed E-state index contributed by atoms with van der Waals surface area (Å²) in [6.07, 6.45) is 1.53. The molecule has 0 unspecified atom stereocenters. The van der Waals surface area contributed by atoms with E-state index in [0.29, 0.717) is 38.7 Å². The molecular formula is C21H23N5O3. The summed E-state index contributed by atoms with van der Waals surface area (Å²) in [5.41, 5.74) is 1.81. The number of anilines is 2. The fourth-order valence-electron chi connectivity index (χ4n) is 3.21. The molecule has 0 aliphatic carbocycles. The summed E-state index contributed by atoms with van der Waals surface area (Å²) in [5.74, 6) is 2.11. The first-order valence-electron chi connectivity index (χ1n) is 9.64. The fraction of sp³-hybridized carbons (Fsp3) is 0.286. The van der Waals surface area contributed by atoms with E-state index in [4.69, 9.17) is 9.15 Å². The molecule has 150 valence electrons. The highest BCUT2D eigenvalue weighted by atomic mass is 16.5. The third kappa shape index (κ3) is 4.48. The van der Waals surface area contributed by atoms with Crippen LogP contribution in [0.25, 0.3) is 11.3 Å². The van der Waals surface area contributed by atoms with Crippen molar-refractivity contribution in [3.63, 3.8) is 0 Å². The molecule has 8 nitrogen and oxygen atoms in total. The first-order chi connectivity index (χ1) is 14.2. The summed E-state index contributed by atoms with van der Waals surface area (Å²) >= 11 is 0. The lowest BCUT2D eigenvalue weighted by Gasteiger charge is -2.34. The number of carbonyl (C=O) groups excluding carboxylic acids is 1. The van der Waals surface area contributed by atoms with Crippen LogP contribution in [-0.4, -0.2) is 53.9 Å². The van der Waals surface area contributed by atoms with Crippen LogP contribution in [0.4, 0.5) is 16.5 Å². The number of benzene rings is 1. The Labute approximate surface area is 169 Å². The van der Waals surface area contributed by atoms with Crippen molar-refractivity contribution >= 4 is 17.7 Å². The highest BCUT2D eigenvalue weighted by Gasteiger charge is 2.22. The SMILES string of the molecule is CCOc1ccc(-c2ccc(N3CCN(C(=O)Nc4ccco4)CC3)nn2)cc1. The first kappa shape index (κ1) is 18.8. The lowest BCUT2D eigenvalue weighted by molar-refractivity contribution is 0.207. The number of carbonyl (C=O) groups is 1. The van der Waals surface area contributed by atoms with Crippen LogP contribution in [0.5, 0.6) is 5.75 Å². The number of aromatic nitrogens is 2. The van der Waals surface area contributed by atoms with Crippen molar-refractivity contribution in [2.24, 2.45) is 0 Å². The molecule has 0 atom stereocenters. The van der Waals surface area contributed by atoms with Crippen LogP contribution in [-0.2, 0) is 0 Å². The Kier molecular flexibility index (Phi) is 5.60. The number of ether oxygens (including phenoxy) is 1. The van der Waals surface area contributed by atoms with Crippen LogP contribution < -0.4 is 15.0 Å². The third-order valence-electron chi connectivity index (χ3n) is 4.75. The molecule has 1 aliphatic heterocycles. The number of hydrogen-bond acceptors (Lipinski definition) is 6. The Morgan fingerprint density at radius 3 is 2.48 bits per heavy atom. The summed E-state index contributed by atoms with van der Waals surface area (Å²) in [4.78, 5) is 16.2. The second-order valence-electron chi connectivity index (χ2n) is 6.62. The lowest BCUT2D eigenvalue weighted by Crippen LogP contribution is -2.50. The number of nitrogens with zero attached hydrogens (tertiary/aromatic N) is 4. The van der Waals surface area contributed by atoms with E-state index in [1.807, 2.05) is 43.3 Å². The minimum absolute atomic E-state index is 0.156. The molecule has 0 saturated carbocycles. The molecule has 4 rings (SSSR count). The van der Waals surface area contributed by atoms with Crippen LogP contribution in [0.3, 0.4) is 0 Å². The van der Waals surface area contributed by atoms with Crippen molar-refractivity contribution in [3.05, 3.63) is 54.8 Å². The number of furan rings is 1. The van der Waals surface area contributed by atoms with Gasteiger partial charge in [-0.2, -0.15) is 0 Å². The maximum absolute atomic E-state index is 12.3. The van der Waals surface area contributed by atoms with E-state index in [2.05, 4.69) is 20.4 Å². The summed E-state index contributed by atoms with van der Waals surface area (Å²) in [6.45, 7) is 5.21. The number of hydrogen-bond donors (Lipinski definition) is 1. The van der Waals surface area contributed by atoms with Crippen LogP contribution in [0, 0.1) is 0 Å². The van der Waals surface area contributed by atoms with Crippen molar-refractivity contribution < 1.29 is 13.9 Å². The van der Waals surface area contributed by atoms with E-state index in [1.165, 1.54) is 6.26 Å². The van der Waals surface area contributed by atoms with Crippen LogP contribution >= 0.6 is 0 Å². The normalized spacial score (nSPS) is 14.0. The molecule has 3 heterocycles. The molecule has 0 bridgehead atoms. The van der Waals surface area contributed by atoms with Gasteiger partial charge in [-0.05, 0) is 49.4 Å². The second-order valence-corrected chi connectivity index (χ2v) is 6.62. The number of amides is 2. The van der Waals surface area contributed by atoms with Gasteiger partial charge in [0.05, 0.1) is 18.6 Å². The van der Waals surface area contributed by atoms with Gasteiger partial charge in [-0.15, -0.1) is 10.2 Å². The van der Waals surface area contributed by atoms with E-state index in [1.54, 1.807) is 17.0 Å². The van der Waals surface area contributed by atoms with E-state index in [0.717, 1.165) is 22.8 Å². The smallest absolute Gasteiger partial charge is 0.324 e. The zero-order valence-electron chi connectivity index (χ0n) is 16.2. The quantitative estimate of drug-likeness (QED) is 0.714. The Bertz CT molecular complexity index is 918. The molecule has 1 aromatic carbocycles. The largest absolute Gasteiger partial charge is 0.494 e. The van der Waals surface area contributed by atoms with Gasteiger partial charge in [0.15, 0.2) is 5.82 Å². The molecule has 3 aromatic rings. The summed E-state index contributed by atoms with van der Waals surface area (Å²) in [5, 5.41) is 11.5. The molecule has 29 heavy (non-hydrogen) atoms. The van der Waals surface area contributed by atoms with Crippen molar-refractivity contribution in [1.82, 2.24) is 15.1 Å². The van der Waals surface area contributed by atoms with E-state index >= 15 is 0 Å². The van der Waals surface area contributed by atoms with Crippen molar-refractivity contribution in [1.29, 1.82) is 0 Å². The van der Waals surface area contributed by atoms with E-state index < -0.39 is 0 Å². The predicted octanol–water partition coefficient (Wildman–Crippen LogP) is 3.49. The van der Waals surface area contributed by atoms with Gasteiger partial charge < -0.3 is 19.0 Å². The van der Waals surface area contributed by atoms with Gasteiger partial charge in [-0.1, -0.05) is 0 Å². The van der Waals surface area contributed by atoms with E-state index in [9.17, 15) is 4.79 Å². The summed E-state index contributed by atoms with van der Waals surface area (Å²) in [7, 11) is 0. The molecule has 2 amide bonds. The van der Waals surface area contributed by atoms with Crippen molar-refractivity contribution in [2.75, 3.05) is 43.0 Å². The zero-order valence-corrected chi connectivity index (χ0v) is 16.2. The fourth-order valence-corrected chi connectivity index (χ4v) is 3.21. The molecule has 0 radical (unpaired) electrons. The third-order valence-corrected chi connectivity index (χ3v) is 4.75. The second kappa shape index (κ2) is 8.64. The Hall–Kier alpha value is -3.55. The van der Waals surface area contributed by atoms with Crippen LogP contribution in [0.2, 0.25) is 0 Å². The van der Waals surface area contributed by atoms with Gasteiger partial charge in [0.25, 0.3) is 0 Å². The minimum Gasteiger partial charge on any atom is -0.494 e. The van der Waals surface area contributed by atoms with Gasteiger partial charge >= 0.3 is 6.03 Å². The van der Waals surface area contributed by atoms with Crippen molar-refractivity contribution in [2.45, 2.75) is 6.92 Å². The van der Waals surface area contributed by atoms with Crippen LogP contribution in [0.15, 0.2) is 59.2 Å². The standard InChI is InChI=1S/C21H23N5O3/c1-2-28-17-7-5-16(6-8-17)18-9-10-19(24-23-18)25-11-13-26(14-12-25)21(27)22-20-4-3-15-29-20/h3-10,15H,2,11-14H2,1H3,(H,22,27). The summed E-state index contributed by atoms with van der Waals surface area (Å²) in [6, 6.07) is 15.1. The first-order valence-corrected chi connectivity index (χ1v) is 9.64. The monoisotopic (exact) mass is 393 g/mol. The summed E-state index contributed by atoms with van der Waals surface area (Å²) < 4.78 is 10.6. The molecule has 1 N–H and O–H groups in total. The molecule has 1 saturated heterocycles. The van der Waals surface area contributed by atoms with Gasteiger partial charge in [0.1, 0.15) is 5.75 Å². The zero-order chi connectivity index (χ0) is 20.1. The van der Waals surface area contributed by atoms with Gasteiger partial charge in [-0.25, -0.2) is 4.79 Å². The molecule has 1 aliphatic rings. The lowest BCUT2D eigenvalue weighted by atomic mass is 10.1. The Morgan fingerprint density at radius 1 is 1.07 bits per heavy atom. The maximum Gasteiger partial charge on any atom is 0.324 e.